The maximum atomic E-state index is 12.4. The van der Waals surface area contributed by atoms with Gasteiger partial charge in [0.25, 0.3) is 0 Å². The summed E-state index contributed by atoms with van der Waals surface area (Å²) in [7, 11) is -5.79. The van der Waals surface area contributed by atoms with Crippen LogP contribution in [0.1, 0.15) is 5.56 Å². The maximum absolute atomic E-state index is 12.4. The van der Waals surface area contributed by atoms with E-state index in [9.17, 15) is 21.6 Å². The highest BCUT2D eigenvalue weighted by molar-refractivity contribution is 14.1. The van der Waals surface area contributed by atoms with Gasteiger partial charge in [-0.1, -0.05) is 0 Å². The molecule has 0 radical (unpaired) electrons. The average Bonchev–Trinajstić information content (AvgIpc) is 2.33. The summed E-state index contributed by atoms with van der Waals surface area (Å²) in [5.74, 6) is -0.834. The molecule has 11 heteroatoms. The van der Waals surface area contributed by atoms with Gasteiger partial charge in [-0.15, -0.1) is 11.6 Å². The lowest BCUT2D eigenvalue weighted by atomic mass is 10.2. The van der Waals surface area contributed by atoms with Crippen LogP contribution in [0.3, 0.4) is 0 Å². The van der Waals surface area contributed by atoms with E-state index in [-0.39, 0.29) is 17.4 Å². The van der Waals surface area contributed by atoms with E-state index in [4.69, 9.17) is 17.3 Å². The molecule has 21 heavy (non-hydrogen) atoms. The molecule has 118 valence electrons. The van der Waals surface area contributed by atoms with Crippen LogP contribution < -0.4 is 9.92 Å². The Labute approximate surface area is 137 Å². The molecule has 2 N–H and O–H groups in total. The van der Waals surface area contributed by atoms with E-state index >= 15 is 0 Å². The van der Waals surface area contributed by atoms with E-state index in [0.29, 0.717) is 9.13 Å². The summed E-state index contributed by atoms with van der Waals surface area (Å²) in [6.07, 6.45) is 0. The van der Waals surface area contributed by atoms with Gasteiger partial charge < -0.3 is 9.92 Å². The molecule has 0 aliphatic rings. The van der Waals surface area contributed by atoms with Gasteiger partial charge >= 0.3 is 15.6 Å². The number of halogens is 5. The minimum Gasteiger partial charge on any atom is -0.386 e. The monoisotopic (exact) mass is 456 g/mol. The van der Waals surface area contributed by atoms with E-state index < -0.39 is 21.4 Å². The summed E-state index contributed by atoms with van der Waals surface area (Å²) >= 11 is 7.34. The molecular formula is C10H9ClF3IN2O3S. The SMILES string of the molecule is Cc1cc(OS(=O)(=O)C(F)(F)F)c(N=C(N)CCl)cc1I. The van der Waals surface area contributed by atoms with E-state index in [1.807, 2.05) is 22.6 Å². The topological polar surface area (TPSA) is 81.8 Å². The molecule has 1 rings (SSSR count). The number of hydrogen-bond acceptors (Lipinski definition) is 4. The number of hydrogen-bond donors (Lipinski definition) is 1. The molecule has 0 aliphatic carbocycles. The Bertz CT molecular complexity index is 677. The Morgan fingerprint density at radius 1 is 1.48 bits per heavy atom. The number of nitrogens with zero attached hydrogens (tertiary/aromatic N) is 1. The number of rotatable bonds is 4. The first-order chi connectivity index (χ1) is 9.48. The van der Waals surface area contributed by atoms with Gasteiger partial charge in [-0.3, -0.25) is 0 Å². The largest absolute Gasteiger partial charge is 0.534 e. The summed E-state index contributed by atoms with van der Waals surface area (Å²) in [6, 6.07) is 2.47. The molecule has 0 atom stereocenters. The molecule has 0 aliphatic heterocycles. The third-order valence-corrected chi connectivity index (χ3v) is 4.53. The van der Waals surface area contributed by atoms with Gasteiger partial charge in [0.1, 0.15) is 11.5 Å². The molecule has 0 saturated heterocycles. The molecular weight excluding hydrogens is 448 g/mol. The normalized spacial score (nSPS) is 13.3. The summed E-state index contributed by atoms with van der Waals surface area (Å²) in [5, 5.41) is 0. The minimum absolute atomic E-state index is 0.0921. The lowest BCUT2D eigenvalue weighted by Gasteiger charge is -2.13. The van der Waals surface area contributed by atoms with Crippen LogP contribution in [-0.4, -0.2) is 25.6 Å². The van der Waals surface area contributed by atoms with Gasteiger partial charge in [0.2, 0.25) is 0 Å². The molecule has 5 nitrogen and oxygen atoms in total. The van der Waals surface area contributed by atoms with Crippen LogP contribution in [0, 0.1) is 10.5 Å². The molecule has 0 heterocycles. The molecule has 1 aromatic rings. The van der Waals surface area contributed by atoms with Gasteiger partial charge in [0, 0.05) is 3.57 Å². The van der Waals surface area contributed by atoms with Crippen molar-refractivity contribution in [2.24, 2.45) is 10.7 Å². The molecule has 0 unspecified atom stereocenters. The zero-order valence-electron chi connectivity index (χ0n) is 10.4. The Morgan fingerprint density at radius 2 is 2.05 bits per heavy atom. The Kier molecular flexibility index (Phi) is 5.72. The van der Waals surface area contributed by atoms with Crippen LogP contribution in [0.15, 0.2) is 17.1 Å². The van der Waals surface area contributed by atoms with Crippen LogP contribution in [-0.2, 0) is 10.1 Å². The van der Waals surface area contributed by atoms with Crippen molar-refractivity contribution in [3.05, 3.63) is 21.3 Å². The van der Waals surface area contributed by atoms with Crippen molar-refractivity contribution >= 4 is 55.8 Å². The van der Waals surface area contributed by atoms with Crippen molar-refractivity contribution < 1.29 is 25.8 Å². The number of aliphatic imine (C=N–C) groups is 1. The third kappa shape index (κ3) is 4.61. The maximum Gasteiger partial charge on any atom is 0.534 e. The molecule has 0 amide bonds. The molecule has 1 aromatic carbocycles. The van der Waals surface area contributed by atoms with Gasteiger partial charge in [0.05, 0.1) is 5.88 Å². The fourth-order valence-corrected chi connectivity index (χ4v) is 2.12. The summed E-state index contributed by atoms with van der Waals surface area (Å²) < 4.78 is 64.0. The first-order valence-electron chi connectivity index (χ1n) is 5.18. The highest BCUT2D eigenvalue weighted by Crippen LogP contribution is 2.35. The average molecular weight is 457 g/mol. The van der Waals surface area contributed by atoms with Crippen LogP contribution in [0.25, 0.3) is 0 Å². The quantitative estimate of drug-likeness (QED) is 0.189. The van der Waals surface area contributed by atoms with E-state index in [0.717, 1.165) is 6.07 Å². The third-order valence-electron chi connectivity index (χ3n) is 2.12. The van der Waals surface area contributed by atoms with E-state index in [2.05, 4.69) is 9.18 Å². The predicted molar refractivity (Wildman–Crippen MR) is 81.5 cm³/mol. The van der Waals surface area contributed by atoms with Gasteiger partial charge in [0.15, 0.2) is 5.75 Å². The molecule has 0 bridgehead atoms. The standard InChI is InChI=1S/C10H9ClF3IN2O3S/c1-5-2-8(20-21(18,19)10(12,13)14)7(3-6(5)15)17-9(16)4-11/h2-3H,4H2,1H3,(H2,16,17). The van der Waals surface area contributed by atoms with Crippen LogP contribution in [0.4, 0.5) is 18.9 Å². The van der Waals surface area contributed by atoms with Gasteiger partial charge in [-0.2, -0.15) is 21.6 Å². The first kappa shape index (κ1) is 18.3. The lowest BCUT2D eigenvalue weighted by Crippen LogP contribution is -2.28. The molecule has 0 fully saturated rings. The molecule has 0 aromatic heterocycles. The predicted octanol–water partition coefficient (Wildman–Crippen LogP) is 3.06. The van der Waals surface area contributed by atoms with Crippen molar-refractivity contribution in [1.29, 1.82) is 0 Å². The molecule has 0 saturated carbocycles. The van der Waals surface area contributed by atoms with Gasteiger partial charge in [-0.25, -0.2) is 4.99 Å². The summed E-state index contributed by atoms with van der Waals surface area (Å²) in [5.41, 5.74) is 0.224. The smallest absolute Gasteiger partial charge is 0.386 e. The van der Waals surface area contributed by atoms with Crippen molar-refractivity contribution in [2.75, 3.05) is 5.88 Å². The lowest BCUT2D eigenvalue weighted by molar-refractivity contribution is -0.0499. The second-order valence-electron chi connectivity index (χ2n) is 3.79. The first-order valence-corrected chi connectivity index (χ1v) is 8.20. The highest BCUT2D eigenvalue weighted by atomic mass is 127. The Hall–Kier alpha value is -0.750. The number of aryl methyl sites for hydroxylation is 1. The number of alkyl halides is 4. The summed E-state index contributed by atoms with van der Waals surface area (Å²) in [4.78, 5) is 3.75. The van der Waals surface area contributed by atoms with Crippen LogP contribution in [0.2, 0.25) is 0 Å². The second kappa shape index (κ2) is 6.57. The Balaban J connectivity index is 3.39. The van der Waals surface area contributed by atoms with Crippen molar-refractivity contribution in [3.63, 3.8) is 0 Å². The second-order valence-corrected chi connectivity index (χ2v) is 6.76. The molecule has 0 spiro atoms. The minimum atomic E-state index is -5.79. The van der Waals surface area contributed by atoms with E-state index in [1.54, 1.807) is 6.92 Å². The zero-order valence-corrected chi connectivity index (χ0v) is 14.1. The number of amidine groups is 1. The zero-order chi connectivity index (χ0) is 16.4. The number of benzene rings is 1. The van der Waals surface area contributed by atoms with E-state index in [1.165, 1.54) is 6.07 Å². The summed E-state index contributed by atoms with van der Waals surface area (Å²) in [6.45, 7) is 1.58. The van der Waals surface area contributed by atoms with Crippen LogP contribution in [0.5, 0.6) is 5.75 Å². The number of nitrogens with two attached hydrogens (primary N) is 1. The highest BCUT2D eigenvalue weighted by Gasteiger charge is 2.48. The Morgan fingerprint density at radius 3 is 2.52 bits per heavy atom. The fourth-order valence-electron chi connectivity index (χ4n) is 1.15. The van der Waals surface area contributed by atoms with Crippen molar-refractivity contribution in [2.45, 2.75) is 12.4 Å². The fraction of sp³-hybridized carbons (Fsp3) is 0.300. The van der Waals surface area contributed by atoms with Gasteiger partial charge in [-0.05, 0) is 47.2 Å². The van der Waals surface area contributed by atoms with Crippen molar-refractivity contribution in [1.82, 2.24) is 0 Å². The van der Waals surface area contributed by atoms with Crippen LogP contribution >= 0.6 is 34.2 Å². The van der Waals surface area contributed by atoms with Crippen molar-refractivity contribution in [3.8, 4) is 5.75 Å².